The summed E-state index contributed by atoms with van der Waals surface area (Å²) < 4.78 is 7.60. The van der Waals surface area contributed by atoms with Crippen LogP contribution in [0.2, 0.25) is 5.02 Å². The molecule has 5 rings (SSSR count). The van der Waals surface area contributed by atoms with Crippen molar-refractivity contribution >= 4 is 17.5 Å². The van der Waals surface area contributed by atoms with Crippen molar-refractivity contribution in [2.75, 3.05) is 11.4 Å². The predicted octanol–water partition coefficient (Wildman–Crippen LogP) is 4.01. The van der Waals surface area contributed by atoms with E-state index in [0.29, 0.717) is 16.7 Å². The number of hydrogen-bond acceptors (Lipinski definition) is 7. The van der Waals surface area contributed by atoms with Crippen LogP contribution in [0.5, 0.6) is 0 Å². The van der Waals surface area contributed by atoms with E-state index in [9.17, 15) is 0 Å². The van der Waals surface area contributed by atoms with Crippen LogP contribution in [-0.4, -0.2) is 36.4 Å². The molecule has 1 aromatic carbocycles. The van der Waals surface area contributed by atoms with Gasteiger partial charge in [0.25, 0.3) is 5.89 Å². The second-order valence-corrected chi connectivity index (χ2v) is 7.34. The number of benzene rings is 1. The molecular weight excluding hydrogens is 390 g/mol. The first kappa shape index (κ1) is 17.8. The van der Waals surface area contributed by atoms with Gasteiger partial charge in [-0.2, -0.15) is 4.98 Å². The van der Waals surface area contributed by atoms with Gasteiger partial charge in [-0.3, -0.25) is 9.55 Å². The summed E-state index contributed by atoms with van der Waals surface area (Å²) in [5.41, 5.74) is 1.74. The highest BCUT2D eigenvalue weighted by atomic mass is 35.5. The summed E-state index contributed by atoms with van der Waals surface area (Å²) in [5, 5.41) is 13.7. The van der Waals surface area contributed by atoms with E-state index in [1.807, 2.05) is 37.3 Å². The molecule has 1 atom stereocenters. The van der Waals surface area contributed by atoms with Crippen molar-refractivity contribution in [3.63, 3.8) is 0 Å². The molecule has 0 amide bonds. The first-order chi connectivity index (χ1) is 14.2. The Morgan fingerprint density at radius 2 is 2.00 bits per heavy atom. The molecule has 0 fully saturated rings. The summed E-state index contributed by atoms with van der Waals surface area (Å²) in [4.78, 5) is 10.9. The molecule has 1 unspecified atom stereocenters. The van der Waals surface area contributed by atoms with Crippen molar-refractivity contribution in [2.24, 2.45) is 0 Å². The van der Waals surface area contributed by atoms with Crippen molar-refractivity contribution in [2.45, 2.75) is 25.9 Å². The van der Waals surface area contributed by atoms with Crippen molar-refractivity contribution in [1.82, 2.24) is 29.9 Å². The Labute approximate surface area is 172 Å². The zero-order valence-electron chi connectivity index (χ0n) is 15.7. The molecule has 4 aromatic rings. The van der Waals surface area contributed by atoms with E-state index >= 15 is 0 Å². The molecule has 0 saturated heterocycles. The fourth-order valence-electron chi connectivity index (χ4n) is 3.57. The highest BCUT2D eigenvalue weighted by molar-refractivity contribution is 6.30. The van der Waals surface area contributed by atoms with E-state index < -0.39 is 0 Å². The minimum atomic E-state index is -0.114. The van der Waals surface area contributed by atoms with Gasteiger partial charge in [-0.15, -0.1) is 10.2 Å². The molecule has 0 radical (unpaired) electrons. The summed E-state index contributed by atoms with van der Waals surface area (Å²) in [6.45, 7) is 3.74. The average Bonchev–Trinajstić information content (AvgIpc) is 3.41. The standard InChI is InChI=1S/C20H18ClN7O/c1-13(17-23-19(29-26-17)14-5-2-7-16(21)11-14)27-9-4-10-28-18(24-25-20(27)28)15-6-3-8-22-12-15/h2-3,5-8,11-13H,4,9-10H2,1H3. The molecule has 3 aromatic heterocycles. The number of aromatic nitrogens is 6. The van der Waals surface area contributed by atoms with Crippen LogP contribution in [0.4, 0.5) is 5.95 Å². The maximum atomic E-state index is 6.07. The van der Waals surface area contributed by atoms with Crippen LogP contribution in [0.25, 0.3) is 22.8 Å². The SMILES string of the molecule is CC(c1noc(-c2cccc(Cl)c2)n1)N1CCCn2c(-c3cccnc3)nnc21. The Balaban J connectivity index is 1.45. The lowest BCUT2D eigenvalue weighted by Gasteiger charge is -2.32. The topological polar surface area (TPSA) is 85.8 Å². The maximum Gasteiger partial charge on any atom is 0.258 e. The monoisotopic (exact) mass is 407 g/mol. The quantitative estimate of drug-likeness (QED) is 0.505. The second-order valence-electron chi connectivity index (χ2n) is 6.91. The Morgan fingerprint density at radius 1 is 1.10 bits per heavy atom. The summed E-state index contributed by atoms with van der Waals surface area (Å²) in [5.74, 6) is 2.66. The van der Waals surface area contributed by atoms with E-state index in [-0.39, 0.29) is 6.04 Å². The molecule has 0 aliphatic carbocycles. The fourth-order valence-corrected chi connectivity index (χ4v) is 3.76. The van der Waals surface area contributed by atoms with Gasteiger partial charge in [0.2, 0.25) is 5.95 Å². The van der Waals surface area contributed by atoms with Gasteiger partial charge in [-0.05, 0) is 43.7 Å². The van der Waals surface area contributed by atoms with Crippen LogP contribution in [0.15, 0.2) is 53.3 Å². The second kappa shape index (κ2) is 7.29. The molecule has 29 heavy (non-hydrogen) atoms. The summed E-state index contributed by atoms with van der Waals surface area (Å²) >= 11 is 6.07. The number of hydrogen-bond donors (Lipinski definition) is 0. The highest BCUT2D eigenvalue weighted by Crippen LogP contribution is 2.32. The number of rotatable bonds is 4. The smallest absolute Gasteiger partial charge is 0.258 e. The summed E-state index contributed by atoms with van der Waals surface area (Å²) in [6, 6.07) is 11.1. The predicted molar refractivity (Wildman–Crippen MR) is 108 cm³/mol. The van der Waals surface area contributed by atoms with Crippen LogP contribution >= 0.6 is 11.6 Å². The van der Waals surface area contributed by atoms with Gasteiger partial charge in [0, 0.05) is 41.6 Å². The van der Waals surface area contributed by atoms with E-state index in [4.69, 9.17) is 16.1 Å². The highest BCUT2D eigenvalue weighted by Gasteiger charge is 2.29. The van der Waals surface area contributed by atoms with Gasteiger partial charge in [-0.25, -0.2) is 0 Å². The van der Waals surface area contributed by atoms with Gasteiger partial charge in [0.1, 0.15) is 0 Å². The zero-order valence-corrected chi connectivity index (χ0v) is 16.5. The summed E-state index contributed by atoms with van der Waals surface area (Å²) in [7, 11) is 0. The van der Waals surface area contributed by atoms with E-state index in [1.165, 1.54) is 0 Å². The van der Waals surface area contributed by atoms with Crippen molar-refractivity contribution in [3.05, 3.63) is 59.6 Å². The minimum Gasteiger partial charge on any atom is -0.334 e. The number of pyridine rings is 1. The van der Waals surface area contributed by atoms with E-state index in [2.05, 4.69) is 34.8 Å². The Morgan fingerprint density at radius 3 is 2.83 bits per heavy atom. The molecular formula is C20H18ClN7O. The lowest BCUT2D eigenvalue weighted by Crippen LogP contribution is -2.35. The Kier molecular flexibility index (Phi) is 4.48. The van der Waals surface area contributed by atoms with Crippen molar-refractivity contribution in [1.29, 1.82) is 0 Å². The van der Waals surface area contributed by atoms with Gasteiger partial charge in [-0.1, -0.05) is 22.8 Å². The normalized spacial score (nSPS) is 14.6. The molecule has 1 aliphatic heterocycles. The van der Waals surface area contributed by atoms with Gasteiger partial charge >= 0.3 is 0 Å². The molecule has 1 aliphatic rings. The number of fused-ring (bicyclic) bond motifs is 1. The van der Waals surface area contributed by atoms with Crippen molar-refractivity contribution < 1.29 is 4.52 Å². The molecule has 0 bridgehead atoms. The van der Waals surface area contributed by atoms with Crippen molar-refractivity contribution in [3.8, 4) is 22.8 Å². The number of nitrogens with zero attached hydrogens (tertiary/aromatic N) is 7. The first-order valence-corrected chi connectivity index (χ1v) is 9.78. The van der Waals surface area contributed by atoms with Crippen LogP contribution < -0.4 is 4.90 Å². The van der Waals surface area contributed by atoms with E-state index in [0.717, 1.165) is 42.4 Å². The Bertz CT molecular complexity index is 1140. The maximum absolute atomic E-state index is 6.07. The third-order valence-electron chi connectivity index (χ3n) is 5.04. The molecule has 9 heteroatoms. The van der Waals surface area contributed by atoms with Gasteiger partial charge in [0.15, 0.2) is 11.6 Å². The Hall–Kier alpha value is -3.26. The molecule has 4 heterocycles. The molecule has 146 valence electrons. The summed E-state index contributed by atoms with van der Waals surface area (Å²) in [6.07, 6.45) is 4.52. The van der Waals surface area contributed by atoms with Gasteiger partial charge < -0.3 is 9.42 Å². The lowest BCUT2D eigenvalue weighted by molar-refractivity contribution is 0.411. The van der Waals surface area contributed by atoms with Crippen LogP contribution in [0, 0.1) is 0 Å². The fraction of sp³-hybridized carbons (Fsp3) is 0.250. The lowest BCUT2D eigenvalue weighted by atomic mass is 10.2. The number of anilines is 1. The first-order valence-electron chi connectivity index (χ1n) is 9.40. The third kappa shape index (κ3) is 3.25. The van der Waals surface area contributed by atoms with Crippen LogP contribution in [0.1, 0.15) is 25.2 Å². The van der Waals surface area contributed by atoms with Gasteiger partial charge in [0.05, 0.1) is 6.04 Å². The molecule has 8 nitrogen and oxygen atoms in total. The zero-order chi connectivity index (χ0) is 19.8. The minimum absolute atomic E-state index is 0.114. The molecule has 0 N–H and O–H groups in total. The molecule has 0 saturated carbocycles. The average molecular weight is 408 g/mol. The van der Waals surface area contributed by atoms with E-state index in [1.54, 1.807) is 18.5 Å². The van der Waals surface area contributed by atoms with Crippen LogP contribution in [-0.2, 0) is 6.54 Å². The largest absolute Gasteiger partial charge is 0.334 e. The molecule has 0 spiro atoms. The number of halogens is 1. The van der Waals surface area contributed by atoms with Crippen LogP contribution in [0.3, 0.4) is 0 Å². The third-order valence-corrected chi connectivity index (χ3v) is 5.28.